The van der Waals surface area contributed by atoms with Gasteiger partial charge in [-0.15, -0.1) is 0 Å². The molecule has 156 valence electrons. The topological polar surface area (TPSA) is 44.8 Å². The van der Waals surface area contributed by atoms with Gasteiger partial charge < -0.3 is 15.0 Å². The largest absolute Gasteiger partial charge is 0.495 e. The second-order valence-electron chi connectivity index (χ2n) is 7.02. The van der Waals surface area contributed by atoms with E-state index in [2.05, 4.69) is 21.2 Å². The van der Waals surface area contributed by atoms with Crippen LogP contribution in [0.2, 0.25) is 5.02 Å². The molecule has 0 unspecified atom stereocenters. The van der Waals surface area contributed by atoms with Gasteiger partial charge in [-0.1, -0.05) is 53.7 Å². The van der Waals surface area contributed by atoms with Gasteiger partial charge in [-0.3, -0.25) is 9.69 Å². The number of halogens is 1. The lowest BCUT2D eigenvalue weighted by atomic mass is 10.2. The number of para-hydroxylation sites is 2. The minimum absolute atomic E-state index is 0.0425. The van der Waals surface area contributed by atoms with Crippen molar-refractivity contribution in [2.75, 3.05) is 50.9 Å². The molecule has 5 nitrogen and oxygen atoms in total. The van der Waals surface area contributed by atoms with Crippen LogP contribution in [0.4, 0.5) is 10.5 Å². The van der Waals surface area contributed by atoms with Crippen molar-refractivity contribution in [1.82, 2.24) is 9.80 Å². The third kappa shape index (κ3) is 6.93. The minimum Gasteiger partial charge on any atom is -0.495 e. The van der Waals surface area contributed by atoms with E-state index in [0.717, 1.165) is 56.5 Å². The van der Waals surface area contributed by atoms with Crippen molar-refractivity contribution < 1.29 is 9.53 Å². The molecule has 1 N–H and O–H groups in total. The molecule has 7 heteroatoms. The molecule has 2 aromatic rings. The van der Waals surface area contributed by atoms with Gasteiger partial charge in [-0.25, -0.2) is 0 Å². The zero-order chi connectivity index (χ0) is 20.5. The summed E-state index contributed by atoms with van der Waals surface area (Å²) < 4.78 is 5.26. The lowest BCUT2D eigenvalue weighted by Gasteiger charge is -2.34. The third-order valence-corrected chi connectivity index (χ3v) is 6.24. The minimum atomic E-state index is -0.0425. The Labute approximate surface area is 182 Å². The summed E-state index contributed by atoms with van der Waals surface area (Å²) in [6.07, 6.45) is 0.995. The van der Waals surface area contributed by atoms with Gasteiger partial charge in [-0.05, 0) is 36.7 Å². The number of ether oxygens (including phenoxy) is 1. The highest BCUT2D eigenvalue weighted by molar-refractivity contribution is 8.13. The molecule has 1 heterocycles. The first-order valence-electron chi connectivity index (χ1n) is 9.90. The van der Waals surface area contributed by atoms with Crippen LogP contribution in [0.1, 0.15) is 12.0 Å². The zero-order valence-electron chi connectivity index (χ0n) is 16.8. The Bertz CT molecular complexity index is 797. The summed E-state index contributed by atoms with van der Waals surface area (Å²) in [4.78, 5) is 17.1. The molecule has 1 aliphatic heterocycles. The number of piperazine rings is 1. The number of nitrogens with zero attached hydrogens (tertiary/aromatic N) is 2. The summed E-state index contributed by atoms with van der Waals surface area (Å²) in [5.74, 6) is 1.48. The molecule has 1 saturated heterocycles. The van der Waals surface area contributed by atoms with Crippen LogP contribution in [0.25, 0.3) is 0 Å². The fourth-order valence-electron chi connectivity index (χ4n) is 3.39. The maximum Gasteiger partial charge on any atom is 0.283 e. The lowest BCUT2D eigenvalue weighted by molar-refractivity contribution is 0.127. The Balaban J connectivity index is 1.31. The predicted octanol–water partition coefficient (Wildman–Crippen LogP) is 4.82. The molecule has 0 bridgehead atoms. The molecule has 0 saturated carbocycles. The normalized spacial score (nSPS) is 15.2. The molecule has 1 aliphatic rings. The van der Waals surface area contributed by atoms with Crippen LogP contribution in [-0.4, -0.2) is 60.6 Å². The Morgan fingerprint density at radius 3 is 2.52 bits per heavy atom. The smallest absolute Gasteiger partial charge is 0.283 e. The van der Waals surface area contributed by atoms with Gasteiger partial charge in [0.25, 0.3) is 5.24 Å². The maximum atomic E-state index is 12.1. The van der Waals surface area contributed by atoms with E-state index in [1.165, 1.54) is 17.3 Å². The van der Waals surface area contributed by atoms with E-state index < -0.39 is 0 Å². The van der Waals surface area contributed by atoms with E-state index in [0.29, 0.717) is 11.4 Å². The van der Waals surface area contributed by atoms with Crippen molar-refractivity contribution in [1.29, 1.82) is 0 Å². The number of hydrogen-bond donors (Lipinski definition) is 1. The third-order valence-electron chi connectivity index (χ3n) is 5.01. The highest BCUT2D eigenvalue weighted by Crippen LogP contribution is 2.24. The average molecular weight is 434 g/mol. The highest BCUT2D eigenvalue weighted by atomic mass is 35.5. The number of rotatable bonds is 8. The molecule has 0 aliphatic carbocycles. The van der Waals surface area contributed by atoms with Gasteiger partial charge in [-0.2, -0.15) is 0 Å². The standard InChI is InChI=1S/C22H28ClN3O2S/c1-28-21-10-5-4-9-20(21)24-22(27)29-16-6-11-25-12-14-26(15-13-25)17-18-7-2-3-8-19(18)23/h2-5,7-10H,6,11-17H2,1H3,(H,24,27). The number of thioether (sulfide) groups is 1. The van der Waals surface area contributed by atoms with Crippen molar-refractivity contribution in [3.63, 3.8) is 0 Å². The average Bonchev–Trinajstić information content (AvgIpc) is 2.74. The predicted molar refractivity (Wildman–Crippen MR) is 122 cm³/mol. The Hall–Kier alpha value is -1.73. The van der Waals surface area contributed by atoms with Gasteiger partial charge in [0.05, 0.1) is 12.8 Å². The van der Waals surface area contributed by atoms with E-state index in [4.69, 9.17) is 16.3 Å². The molecule has 2 aromatic carbocycles. The van der Waals surface area contributed by atoms with E-state index in [1.807, 2.05) is 42.5 Å². The number of methoxy groups -OCH3 is 1. The fourth-order valence-corrected chi connectivity index (χ4v) is 4.22. The molecular formula is C22H28ClN3O2S. The zero-order valence-corrected chi connectivity index (χ0v) is 18.3. The van der Waals surface area contributed by atoms with Crippen LogP contribution in [0.15, 0.2) is 48.5 Å². The summed E-state index contributed by atoms with van der Waals surface area (Å²) in [6, 6.07) is 15.5. The molecule has 0 aromatic heterocycles. The molecule has 0 spiro atoms. The number of anilines is 1. The van der Waals surface area contributed by atoms with E-state index in [9.17, 15) is 4.79 Å². The summed E-state index contributed by atoms with van der Waals surface area (Å²) in [5, 5.41) is 3.70. The maximum absolute atomic E-state index is 12.1. The lowest BCUT2D eigenvalue weighted by Crippen LogP contribution is -2.46. The fraction of sp³-hybridized carbons (Fsp3) is 0.409. The second kappa shape index (κ2) is 11.5. The second-order valence-corrected chi connectivity index (χ2v) is 8.50. The molecule has 1 amide bonds. The highest BCUT2D eigenvalue weighted by Gasteiger charge is 2.17. The van der Waals surface area contributed by atoms with Gasteiger partial charge in [0, 0.05) is 43.5 Å². The summed E-state index contributed by atoms with van der Waals surface area (Å²) >= 11 is 7.60. The van der Waals surface area contributed by atoms with Crippen molar-refractivity contribution in [3.8, 4) is 5.75 Å². The quantitative estimate of drug-likeness (QED) is 0.604. The number of benzene rings is 2. The SMILES string of the molecule is COc1ccccc1NC(=O)SCCCN1CCN(Cc2ccccc2Cl)CC1. The molecule has 1 fully saturated rings. The van der Waals surface area contributed by atoms with Crippen LogP contribution in [0, 0.1) is 0 Å². The van der Waals surface area contributed by atoms with Crippen LogP contribution in [0.3, 0.4) is 0 Å². The van der Waals surface area contributed by atoms with Crippen LogP contribution < -0.4 is 10.1 Å². The van der Waals surface area contributed by atoms with Crippen molar-refractivity contribution >= 4 is 34.3 Å². The van der Waals surface area contributed by atoms with Gasteiger partial charge >= 0.3 is 0 Å². The monoisotopic (exact) mass is 433 g/mol. The van der Waals surface area contributed by atoms with Crippen LogP contribution in [0.5, 0.6) is 5.75 Å². The first-order valence-corrected chi connectivity index (χ1v) is 11.3. The van der Waals surface area contributed by atoms with Crippen LogP contribution in [-0.2, 0) is 6.54 Å². The Morgan fingerprint density at radius 2 is 1.76 bits per heavy atom. The van der Waals surface area contributed by atoms with Crippen molar-refractivity contribution in [2.45, 2.75) is 13.0 Å². The van der Waals surface area contributed by atoms with E-state index in [-0.39, 0.29) is 5.24 Å². The molecule has 0 atom stereocenters. The first kappa shape index (κ1) is 22.0. The molecule has 3 rings (SSSR count). The summed E-state index contributed by atoms with van der Waals surface area (Å²) in [5.41, 5.74) is 1.90. The molecule has 29 heavy (non-hydrogen) atoms. The Kier molecular flexibility index (Phi) is 8.68. The van der Waals surface area contributed by atoms with Gasteiger partial charge in [0.1, 0.15) is 5.75 Å². The molecule has 0 radical (unpaired) electrons. The summed E-state index contributed by atoms with van der Waals surface area (Å²) in [6.45, 7) is 6.14. The van der Waals surface area contributed by atoms with E-state index in [1.54, 1.807) is 7.11 Å². The van der Waals surface area contributed by atoms with Crippen LogP contribution >= 0.6 is 23.4 Å². The molecular weight excluding hydrogens is 406 g/mol. The summed E-state index contributed by atoms with van der Waals surface area (Å²) in [7, 11) is 1.60. The number of nitrogens with one attached hydrogen (secondary N) is 1. The number of carbonyl (C=O) groups is 1. The van der Waals surface area contributed by atoms with E-state index >= 15 is 0 Å². The van der Waals surface area contributed by atoms with Gasteiger partial charge in [0.15, 0.2) is 0 Å². The van der Waals surface area contributed by atoms with Crippen molar-refractivity contribution in [3.05, 3.63) is 59.1 Å². The number of amides is 1. The first-order chi connectivity index (χ1) is 14.2. The Morgan fingerprint density at radius 1 is 1.07 bits per heavy atom. The number of carbonyl (C=O) groups excluding carboxylic acids is 1. The van der Waals surface area contributed by atoms with Gasteiger partial charge in [0.2, 0.25) is 0 Å². The van der Waals surface area contributed by atoms with Crippen molar-refractivity contribution in [2.24, 2.45) is 0 Å². The number of hydrogen-bond acceptors (Lipinski definition) is 5.